The fraction of sp³-hybridized carbons (Fsp3) is 0.623. The summed E-state index contributed by atoms with van der Waals surface area (Å²) in [5.74, 6) is -8.06. The number of anilines is 1. The van der Waals surface area contributed by atoms with Crippen LogP contribution in [-0.2, 0) is 52.4 Å². The molecule has 2 saturated heterocycles. The second-order valence-electron chi connectivity index (χ2n) is 22.5. The molecule has 17 heteroatoms. The van der Waals surface area contributed by atoms with Crippen LogP contribution in [0, 0.1) is 35.5 Å². The van der Waals surface area contributed by atoms with Gasteiger partial charge in [0.05, 0.1) is 18.3 Å². The molecule has 2 bridgehead atoms. The Morgan fingerprint density at radius 1 is 0.872 bits per heavy atom. The predicted octanol–water partition coefficient (Wildman–Crippen LogP) is 8.99. The zero-order valence-electron chi connectivity index (χ0n) is 47.4. The minimum absolute atomic E-state index is 0.000920. The number of cyclic esters (lactones) is 1. The number of Topliss-reactive ketones (excluding diaryl/α,β-unsaturated/α-hetero) is 3. The average Bonchev–Trinajstić information content (AvgIpc) is 3.46. The molecule has 428 valence electrons. The van der Waals surface area contributed by atoms with E-state index in [4.69, 9.17) is 28.4 Å². The lowest BCUT2D eigenvalue weighted by molar-refractivity contribution is -0.265. The van der Waals surface area contributed by atoms with Gasteiger partial charge in [-0.15, -0.1) is 0 Å². The van der Waals surface area contributed by atoms with Crippen LogP contribution in [0.4, 0.5) is 10.6 Å². The summed E-state index contributed by atoms with van der Waals surface area (Å²) in [6, 6.07) is 8.23. The Labute approximate surface area is 460 Å². The van der Waals surface area contributed by atoms with Crippen molar-refractivity contribution in [2.45, 2.75) is 180 Å². The van der Waals surface area contributed by atoms with Gasteiger partial charge >= 0.3 is 12.1 Å². The van der Waals surface area contributed by atoms with Crippen LogP contribution in [0.1, 0.15) is 126 Å². The number of piperidine rings is 1. The highest BCUT2D eigenvalue weighted by Crippen LogP contribution is 2.38. The van der Waals surface area contributed by atoms with E-state index < -0.39 is 102 Å². The maximum Gasteiger partial charge on any atom is 0.413 e. The number of carbonyl (C=O) groups excluding carboxylic acids is 6. The highest BCUT2D eigenvalue weighted by Gasteiger charge is 2.53. The van der Waals surface area contributed by atoms with Gasteiger partial charge in [0.25, 0.3) is 11.7 Å². The third-order valence-corrected chi connectivity index (χ3v) is 16.6. The summed E-state index contributed by atoms with van der Waals surface area (Å²) >= 11 is 0. The number of pyridine rings is 1. The molecule has 1 aromatic heterocycles. The van der Waals surface area contributed by atoms with Crippen LogP contribution in [0.3, 0.4) is 0 Å². The van der Waals surface area contributed by atoms with Crippen molar-refractivity contribution in [3.8, 4) is 0 Å². The van der Waals surface area contributed by atoms with E-state index in [-0.39, 0.29) is 42.8 Å². The van der Waals surface area contributed by atoms with Gasteiger partial charge in [0.15, 0.2) is 5.78 Å². The zero-order chi connectivity index (χ0) is 56.8. The highest BCUT2D eigenvalue weighted by atomic mass is 16.6. The molecule has 78 heavy (non-hydrogen) atoms. The number of hydrogen-bond acceptors (Lipinski definition) is 15. The number of ether oxygens (including phenoxy) is 6. The van der Waals surface area contributed by atoms with Crippen LogP contribution in [0.25, 0.3) is 10.8 Å². The summed E-state index contributed by atoms with van der Waals surface area (Å²) in [7, 11) is 4.51. The van der Waals surface area contributed by atoms with Gasteiger partial charge in [-0.1, -0.05) is 95.3 Å². The van der Waals surface area contributed by atoms with Gasteiger partial charge in [0.2, 0.25) is 5.79 Å². The number of hydrogen-bond donors (Lipinski definition) is 3. The number of nitrogens with one attached hydrogen (secondary N) is 1. The summed E-state index contributed by atoms with van der Waals surface area (Å²) in [6.07, 6.45) is 11.3. The highest BCUT2D eigenvalue weighted by molar-refractivity contribution is 6.39. The van der Waals surface area contributed by atoms with E-state index in [0.717, 1.165) is 16.3 Å². The number of methoxy groups -OCH3 is 3. The maximum atomic E-state index is 14.6. The molecular formula is C61H85N3O14. The number of aliphatic hydroxyl groups excluding tert-OH is 1. The van der Waals surface area contributed by atoms with E-state index in [0.29, 0.717) is 75.6 Å². The van der Waals surface area contributed by atoms with Gasteiger partial charge < -0.3 is 43.5 Å². The Morgan fingerprint density at radius 3 is 2.36 bits per heavy atom. The summed E-state index contributed by atoms with van der Waals surface area (Å²) in [5.41, 5.74) is 1.23. The molecule has 4 heterocycles. The maximum absolute atomic E-state index is 14.6. The van der Waals surface area contributed by atoms with Crippen LogP contribution in [-0.4, -0.2) is 138 Å². The number of aromatic nitrogens is 1. The molecule has 1 aliphatic carbocycles. The number of carbonyl (C=O) groups is 6. The van der Waals surface area contributed by atoms with Crippen molar-refractivity contribution in [2.75, 3.05) is 33.2 Å². The lowest BCUT2D eigenvalue weighted by Gasteiger charge is -2.42. The topological polar surface area (TPSA) is 226 Å². The van der Waals surface area contributed by atoms with Gasteiger partial charge in [-0.05, 0) is 118 Å². The Kier molecular flexibility index (Phi) is 22.7. The minimum Gasteiger partial charge on any atom is -0.460 e. The third kappa shape index (κ3) is 15.7. The van der Waals surface area contributed by atoms with E-state index in [1.54, 1.807) is 47.3 Å². The van der Waals surface area contributed by atoms with E-state index >= 15 is 0 Å². The molecule has 4 aliphatic rings. The summed E-state index contributed by atoms with van der Waals surface area (Å²) in [6.45, 7) is 12.7. The first-order valence-corrected chi connectivity index (χ1v) is 28.0. The number of nitrogens with zero attached hydrogens (tertiary/aromatic N) is 2. The van der Waals surface area contributed by atoms with Crippen LogP contribution in [0.5, 0.6) is 0 Å². The van der Waals surface area contributed by atoms with Crippen molar-refractivity contribution < 1.29 is 67.4 Å². The molecule has 3 aliphatic heterocycles. The average molecular weight is 1080 g/mol. The predicted molar refractivity (Wildman–Crippen MR) is 295 cm³/mol. The number of benzene rings is 1. The lowest BCUT2D eigenvalue weighted by Crippen LogP contribution is -2.61. The summed E-state index contributed by atoms with van der Waals surface area (Å²) < 4.78 is 35.9. The van der Waals surface area contributed by atoms with Crippen molar-refractivity contribution in [3.63, 3.8) is 0 Å². The number of esters is 1. The third-order valence-electron chi connectivity index (χ3n) is 16.6. The Bertz CT molecular complexity index is 2540. The molecule has 1 aromatic carbocycles. The minimum atomic E-state index is -2.46. The standard InChI is InChI=1S/C61H85N3O14/c1-36-18-12-11-13-19-37(2)50(73-8)34-45-25-23-42(7)61(72,78-45)56(68)58(69)64-29-17-16-22-47(64)59(70)76-51(35-48(65)38(3)31-41(6)54(67)55(75-10)53(66)40(5)30-36)39(4)32-43-24-26-49(52(33-43)74-9)77-60(71)63-57-46-21-15-14-20-44(46)27-28-62-57/h11-15,18-21,27-28,31,36,38-40,42-43,45,47,49-52,54-55,67,72H,16-17,22-26,29-30,32-35H2,1-10H3,(H,62,63,71)/b13-11+,18-12+,37-19+,41-31+/t36?,38?,39?,40-,42-,43?,45?,47+,49-,50?,51?,52?,54-,55?,61-/m1/s1. The van der Waals surface area contributed by atoms with Crippen molar-refractivity contribution in [1.82, 2.24) is 9.88 Å². The summed E-state index contributed by atoms with van der Waals surface area (Å²) in [4.78, 5) is 90.5. The van der Waals surface area contributed by atoms with Gasteiger partial charge in [-0.25, -0.2) is 14.6 Å². The smallest absolute Gasteiger partial charge is 0.413 e. The normalized spacial score (nSPS) is 35.5. The molecule has 0 radical (unpaired) electrons. The van der Waals surface area contributed by atoms with Crippen LogP contribution in [0.2, 0.25) is 0 Å². The molecular weight excluding hydrogens is 999 g/mol. The van der Waals surface area contributed by atoms with Crippen molar-refractivity contribution >= 4 is 51.9 Å². The van der Waals surface area contributed by atoms with Gasteiger partial charge in [0, 0.05) is 70.1 Å². The molecule has 3 fully saturated rings. The van der Waals surface area contributed by atoms with Crippen molar-refractivity contribution in [1.29, 1.82) is 0 Å². The first kappa shape index (κ1) is 61.8. The number of aliphatic hydroxyl groups is 2. The first-order chi connectivity index (χ1) is 37.2. The molecule has 17 nitrogen and oxygen atoms in total. The molecule has 2 amide bonds. The second kappa shape index (κ2) is 28.6. The molecule has 0 spiro atoms. The van der Waals surface area contributed by atoms with Gasteiger partial charge in [0.1, 0.15) is 42.1 Å². The fourth-order valence-corrected chi connectivity index (χ4v) is 11.7. The van der Waals surface area contributed by atoms with Gasteiger partial charge in [-0.2, -0.15) is 0 Å². The largest absolute Gasteiger partial charge is 0.460 e. The molecule has 6 rings (SSSR count). The lowest BCUT2D eigenvalue weighted by atomic mass is 9.78. The Morgan fingerprint density at radius 2 is 1.63 bits per heavy atom. The van der Waals surface area contributed by atoms with E-state index in [1.807, 2.05) is 88.4 Å². The molecule has 2 aromatic rings. The molecule has 1 saturated carbocycles. The van der Waals surface area contributed by atoms with Crippen molar-refractivity contribution in [3.05, 3.63) is 84.1 Å². The molecule has 9 unspecified atom stereocenters. The molecule has 15 atom stereocenters. The van der Waals surface area contributed by atoms with Gasteiger partial charge in [-0.3, -0.25) is 24.5 Å². The monoisotopic (exact) mass is 1080 g/mol. The van der Waals surface area contributed by atoms with E-state index in [2.05, 4.69) is 10.3 Å². The second-order valence-corrected chi connectivity index (χ2v) is 22.5. The van der Waals surface area contributed by atoms with Crippen LogP contribution < -0.4 is 5.32 Å². The number of rotatable bonds is 8. The van der Waals surface area contributed by atoms with Crippen LogP contribution in [0.15, 0.2) is 84.1 Å². The van der Waals surface area contributed by atoms with E-state index in [9.17, 15) is 39.0 Å². The van der Waals surface area contributed by atoms with E-state index in [1.165, 1.54) is 12.0 Å². The summed E-state index contributed by atoms with van der Waals surface area (Å²) in [5, 5.41) is 28.1. The number of allylic oxidation sites excluding steroid dienone is 6. The Balaban J connectivity index is 1.25. The SMILES string of the molecule is COC1CC2CC[C@@H](C)[C@@](O)(O2)C(=O)C(=O)N2CCCC[C@H]2C(=O)OC(C(C)CC2CC[C@@H](OC(=O)Nc3nccc4ccccc34)C(OC)C2)CC(=O)C(C)/C=C(\C)[C@@H](O)C(OC)C(=O)[C@H](C)CC(C)/C=C/C=C/C=C/1C. The number of fused-ring (bicyclic) bond motifs is 4. The Hall–Kier alpha value is -5.43. The van der Waals surface area contributed by atoms with Crippen molar-refractivity contribution in [2.24, 2.45) is 35.5 Å². The zero-order valence-corrected chi connectivity index (χ0v) is 47.4. The quantitative estimate of drug-likeness (QED) is 0.127. The number of amides is 2. The first-order valence-electron chi connectivity index (χ1n) is 28.0. The fourth-order valence-electron chi connectivity index (χ4n) is 11.7. The van der Waals surface area contributed by atoms with Crippen LogP contribution >= 0.6 is 0 Å². The molecule has 3 N–H and O–H groups in total. The number of ketones is 3.